The Morgan fingerprint density at radius 1 is 1.17 bits per heavy atom. The first-order valence-electron chi connectivity index (χ1n) is 10.2. The Labute approximate surface area is 172 Å². The smallest absolute Gasteiger partial charge is 0.219 e. The van der Waals surface area contributed by atoms with Gasteiger partial charge in [0.15, 0.2) is 5.65 Å². The molecule has 1 fully saturated rings. The second-order valence-corrected chi connectivity index (χ2v) is 9.05. The molecule has 1 aliphatic heterocycles. The summed E-state index contributed by atoms with van der Waals surface area (Å²) in [4.78, 5) is 28.6. The molecule has 0 bridgehead atoms. The lowest BCUT2D eigenvalue weighted by Gasteiger charge is -2.35. The quantitative estimate of drug-likeness (QED) is 0.736. The molecule has 0 aliphatic carbocycles. The van der Waals surface area contributed by atoms with E-state index in [9.17, 15) is 4.79 Å². The largest absolute Gasteiger partial charge is 0.368 e. The molecule has 0 spiro atoms. The summed E-state index contributed by atoms with van der Waals surface area (Å²) in [6.07, 6.45) is 4.82. The van der Waals surface area contributed by atoms with Crippen LogP contribution in [-0.2, 0) is 11.2 Å². The van der Waals surface area contributed by atoms with Crippen LogP contribution in [0.1, 0.15) is 33.3 Å². The lowest BCUT2D eigenvalue weighted by Crippen LogP contribution is -2.48. The number of carbonyl (C=O) groups is 1. The molecule has 4 rings (SSSR count). The van der Waals surface area contributed by atoms with Crippen LogP contribution in [0.2, 0.25) is 0 Å². The van der Waals surface area contributed by atoms with Gasteiger partial charge in [0, 0.05) is 50.6 Å². The summed E-state index contributed by atoms with van der Waals surface area (Å²) in [5.41, 5.74) is 6.30. The van der Waals surface area contributed by atoms with E-state index in [1.807, 2.05) is 17.3 Å². The van der Waals surface area contributed by atoms with Crippen LogP contribution in [0.15, 0.2) is 36.7 Å². The van der Waals surface area contributed by atoms with E-state index in [2.05, 4.69) is 59.9 Å². The zero-order valence-electron chi connectivity index (χ0n) is 17.7. The number of piperazine rings is 1. The molecule has 1 amide bonds. The molecule has 1 N–H and O–H groups in total. The minimum Gasteiger partial charge on any atom is -0.368 e. The highest BCUT2D eigenvalue weighted by Gasteiger charge is 2.20. The maximum absolute atomic E-state index is 11.6. The third-order valence-electron chi connectivity index (χ3n) is 5.41. The third kappa shape index (κ3) is 4.26. The van der Waals surface area contributed by atoms with Crippen molar-refractivity contribution in [1.29, 1.82) is 0 Å². The van der Waals surface area contributed by atoms with E-state index in [0.717, 1.165) is 60.7 Å². The topological polar surface area (TPSA) is 65.1 Å². The number of nitrogens with one attached hydrogen (secondary N) is 1. The van der Waals surface area contributed by atoms with Crippen molar-refractivity contribution in [3.63, 3.8) is 0 Å². The Kier molecular flexibility index (Phi) is 5.03. The number of rotatable bonds is 3. The van der Waals surface area contributed by atoms with E-state index in [4.69, 9.17) is 4.98 Å². The second-order valence-electron chi connectivity index (χ2n) is 9.05. The van der Waals surface area contributed by atoms with Crippen LogP contribution in [-0.4, -0.2) is 51.9 Å². The Morgan fingerprint density at radius 3 is 2.62 bits per heavy atom. The van der Waals surface area contributed by atoms with Crippen molar-refractivity contribution < 1.29 is 4.79 Å². The summed E-state index contributed by atoms with van der Waals surface area (Å²) in [5, 5.41) is 0. The number of carbonyl (C=O) groups excluding carboxylic acids is 1. The van der Waals surface area contributed by atoms with Gasteiger partial charge < -0.3 is 14.8 Å². The lowest BCUT2D eigenvalue weighted by atomic mass is 9.89. The Bertz CT molecular complexity index is 1030. The highest BCUT2D eigenvalue weighted by Crippen LogP contribution is 2.28. The minimum atomic E-state index is 0.152. The van der Waals surface area contributed by atoms with Crippen molar-refractivity contribution in [2.24, 2.45) is 5.41 Å². The molecule has 3 aromatic rings. The normalized spacial score (nSPS) is 15.2. The van der Waals surface area contributed by atoms with Gasteiger partial charge in [0.1, 0.15) is 5.52 Å². The summed E-state index contributed by atoms with van der Waals surface area (Å²) in [5.74, 6) is 0.152. The van der Waals surface area contributed by atoms with Gasteiger partial charge in [-0.1, -0.05) is 32.9 Å². The first-order valence-corrected chi connectivity index (χ1v) is 10.2. The molecule has 2 aromatic heterocycles. The number of nitrogens with zero attached hydrogens (tertiary/aromatic N) is 4. The van der Waals surface area contributed by atoms with Crippen LogP contribution >= 0.6 is 0 Å². The molecule has 0 atom stereocenters. The summed E-state index contributed by atoms with van der Waals surface area (Å²) in [6.45, 7) is 11.6. The Balaban J connectivity index is 1.60. The van der Waals surface area contributed by atoms with E-state index < -0.39 is 0 Å². The number of anilines is 1. The summed E-state index contributed by atoms with van der Waals surface area (Å²) in [7, 11) is 0. The fourth-order valence-electron chi connectivity index (χ4n) is 3.93. The molecule has 3 heterocycles. The van der Waals surface area contributed by atoms with Gasteiger partial charge in [0.25, 0.3) is 0 Å². The standard InChI is InChI=1S/C23H29N5O/c1-16(29)27-8-10-28(11-9-27)19-7-5-6-17(12-19)20-15-25-22-21(26-20)18(14-24-22)13-23(2,3)4/h5-7,12,14-15H,8-11,13H2,1-4H3,(H,24,25). The van der Waals surface area contributed by atoms with Gasteiger partial charge in [-0.15, -0.1) is 0 Å². The fraction of sp³-hybridized carbons (Fsp3) is 0.435. The second kappa shape index (κ2) is 7.50. The van der Waals surface area contributed by atoms with E-state index in [-0.39, 0.29) is 11.3 Å². The molecular weight excluding hydrogens is 362 g/mol. The maximum Gasteiger partial charge on any atom is 0.219 e. The number of benzene rings is 1. The van der Waals surface area contributed by atoms with Gasteiger partial charge in [0.2, 0.25) is 5.91 Å². The molecule has 1 aliphatic rings. The molecular formula is C23H29N5O. The van der Waals surface area contributed by atoms with Gasteiger partial charge in [0.05, 0.1) is 11.9 Å². The minimum absolute atomic E-state index is 0.152. The molecule has 0 unspecified atom stereocenters. The van der Waals surface area contributed by atoms with Crippen LogP contribution in [0.5, 0.6) is 0 Å². The highest BCUT2D eigenvalue weighted by atomic mass is 16.2. The van der Waals surface area contributed by atoms with Crippen LogP contribution in [0.3, 0.4) is 0 Å². The summed E-state index contributed by atoms with van der Waals surface area (Å²) >= 11 is 0. The highest BCUT2D eigenvalue weighted by molar-refractivity contribution is 5.79. The van der Waals surface area contributed by atoms with Crippen molar-refractivity contribution in [2.75, 3.05) is 31.1 Å². The molecule has 6 heteroatoms. The molecule has 0 radical (unpaired) electrons. The van der Waals surface area contributed by atoms with Crippen molar-refractivity contribution in [3.8, 4) is 11.3 Å². The third-order valence-corrected chi connectivity index (χ3v) is 5.41. The number of hydrogen-bond donors (Lipinski definition) is 1. The summed E-state index contributed by atoms with van der Waals surface area (Å²) < 4.78 is 0. The molecule has 1 saturated heterocycles. The van der Waals surface area contributed by atoms with E-state index in [0.29, 0.717) is 0 Å². The SMILES string of the molecule is CC(=O)N1CCN(c2cccc(-c3cnc4[nH]cc(CC(C)(C)C)c4n3)c2)CC1. The maximum atomic E-state index is 11.6. The van der Waals surface area contributed by atoms with E-state index in [1.54, 1.807) is 6.92 Å². The zero-order chi connectivity index (χ0) is 20.6. The lowest BCUT2D eigenvalue weighted by molar-refractivity contribution is -0.129. The van der Waals surface area contributed by atoms with Crippen molar-refractivity contribution in [1.82, 2.24) is 19.9 Å². The number of aromatic nitrogens is 3. The van der Waals surface area contributed by atoms with Crippen LogP contribution in [0, 0.1) is 5.41 Å². The number of fused-ring (bicyclic) bond motifs is 1. The number of aromatic amines is 1. The average Bonchev–Trinajstić information content (AvgIpc) is 3.08. The summed E-state index contributed by atoms with van der Waals surface area (Å²) in [6, 6.07) is 8.46. The Morgan fingerprint density at radius 2 is 1.93 bits per heavy atom. The number of H-pyrrole nitrogens is 1. The van der Waals surface area contributed by atoms with Gasteiger partial charge >= 0.3 is 0 Å². The first-order chi connectivity index (χ1) is 13.8. The zero-order valence-corrected chi connectivity index (χ0v) is 17.7. The first kappa shape index (κ1) is 19.4. The average molecular weight is 392 g/mol. The van der Waals surface area contributed by atoms with E-state index in [1.165, 1.54) is 5.56 Å². The fourth-order valence-corrected chi connectivity index (χ4v) is 3.93. The van der Waals surface area contributed by atoms with Gasteiger partial charge in [-0.2, -0.15) is 0 Å². The molecule has 29 heavy (non-hydrogen) atoms. The predicted octanol–water partition coefficient (Wildman–Crippen LogP) is 3.88. The predicted molar refractivity (Wildman–Crippen MR) is 117 cm³/mol. The number of amides is 1. The Hall–Kier alpha value is -2.89. The van der Waals surface area contributed by atoms with Gasteiger partial charge in [-0.3, -0.25) is 4.79 Å². The van der Waals surface area contributed by atoms with Crippen LogP contribution in [0.25, 0.3) is 22.4 Å². The van der Waals surface area contributed by atoms with Crippen molar-refractivity contribution in [2.45, 2.75) is 34.1 Å². The molecule has 1 aromatic carbocycles. The van der Waals surface area contributed by atoms with E-state index >= 15 is 0 Å². The van der Waals surface area contributed by atoms with Gasteiger partial charge in [-0.05, 0) is 29.5 Å². The van der Waals surface area contributed by atoms with Crippen LogP contribution < -0.4 is 4.90 Å². The molecule has 0 saturated carbocycles. The monoisotopic (exact) mass is 391 g/mol. The number of hydrogen-bond acceptors (Lipinski definition) is 4. The van der Waals surface area contributed by atoms with Crippen molar-refractivity contribution in [3.05, 3.63) is 42.2 Å². The van der Waals surface area contributed by atoms with Gasteiger partial charge in [-0.25, -0.2) is 9.97 Å². The van der Waals surface area contributed by atoms with Crippen molar-refractivity contribution >= 4 is 22.8 Å². The van der Waals surface area contributed by atoms with Crippen LogP contribution in [0.4, 0.5) is 5.69 Å². The molecule has 6 nitrogen and oxygen atoms in total. The molecule has 152 valence electrons.